The van der Waals surface area contributed by atoms with Gasteiger partial charge in [-0.15, -0.1) is 0 Å². The van der Waals surface area contributed by atoms with Gasteiger partial charge in [0.2, 0.25) is 0 Å². The van der Waals surface area contributed by atoms with Crippen LogP contribution in [0.3, 0.4) is 0 Å². The Kier molecular flexibility index (Phi) is 5.60. The Morgan fingerprint density at radius 2 is 1.68 bits per heavy atom. The van der Waals surface area contributed by atoms with E-state index >= 15 is 0 Å². The maximum Gasteiger partial charge on any atom is 0.253 e. The van der Waals surface area contributed by atoms with Gasteiger partial charge in [-0.3, -0.25) is 4.79 Å². The topological polar surface area (TPSA) is 53.4 Å². The summed E-state index contributed by atoms with van der Waals surface area (Å²) in [6, 6.07) is 17.5. The van der Waals surface area contributed by atoms with E-state index in [9.17, 15) is 10.1 Å². The number of hydrogen-bond acceptors (Lipinski definition) is 2. The molecule has 5 nitrogen and oxygen atoms in total. The minimum Gasteiger partial charge on any atom is -0.343 e. The van der Waals surface area contributed by atoms with E-state index in [0.717, 1.165) is 59.6 Å². The Bertz CT molecular complexity index is 1200. The molecule has 1 fully saturated rings. The summed E-state index contributed by atoms with van der Waals surface area (Å²) in [5, 5.41) is 9.81. The van der Waals surface area contributed by atoms with Crippen molar-refractivity contribution in [1.82, 2.24) is 9.47 Å². The van der Waals surface area contributed by atoms with E-state index < -0.39 is 0 Å². The van der Waals surface area contributed by atoms with Crippen molar-refractivity contribution >= 4 is 11.6 Å². The number of hydrogen-bond donors (Lipinski definition) is 0. The first-order valence-electron chi connectivity index (χ1n) is 10.5. The number of amides is 1. The molecule has 0 saturated carbocycles. The number of nitriles is 1. The van der Waals surface area contributed by atoms with Gasteiger partial charge in [0.25, 0.3) is 5.91 Å². The largest absolute Gasteiger partial charge is 0.343 e. The fourth-order valence-electron chi connectivity index (χ4n) is 4.35. The van der Waals surface area contributed by atoms with Crippen LogP contribution in [-0.2, 0) is 6.54 Å². The summed E-state index contributed by atoms with van der Waals surface area (Å²) in [6.45, 7) is 13.5. The average molecular weight is 409 g/mol. The van der Waals surface area contributed by atoms with E-state index in [1.807, 2.05) is 55.1 Å². The summed E-state index contributed by atoms with van der Waals surface area (Å²) in [7, 11) is 0. The van der Waals surface area contributed by atoms with E-state index in [1.165, 1.54) is 0 Å². The number of carbonyl (C=O) groups is 1. The predicted molar refractivity (Wildman–Crippen MR) is 121 cm³/mol. The number of rotatable bonds is 4. The number of carbonyl (C=O) groups excluding carboxylic acids is 1. The molecule has 0 bridgehead atoms. The minimum absolute atomic E-state index is 0.106. The minimum atomic E-state index is 0.106. The second kappa shape index (κ2) is 8.50. The van der Waals surface area contributed by atoms with Crippen LogP contribution in [0, 0.1) is 31.8 Å². The molecule has 0 aliphatic carbocycles. The summed E-state index contributed by atoms with van der Waals surface area (Å²) < 4.78 is 2.15. The van der Waals surface area contributed by atoms with Crippen LogP contribution in [0.5, 0.6) is 0 Å². The third-order valence-corrected chi connectivity index (χ3v) is 6.12. The number of benzene rings is 2. The molecular formula is C26H24N4O. The van der Waals surface area contributed by atoms with Crippen molar-refractivity contribution in [1.29, 1.82) is 5.26 Å². The molecule has 1 aliphatic heterocycles. The normalized spacial score (nSPS) is 13.1. The molecule has 2 heterocycles. The van der Waals surface area contributed by atoms with Crippen molar-refractivity contribution in [3.8, 4) is 17.2 Å². The SMILES string of the molecule is [C-]#[N+]c1ccc(-c2c(C#N)c(C)n(Cc3ccc(C(=O)N4CCCC4)cc3)c2C)cc1. The fraction of sp³-hybridized carbons (Fsp3) is 0.269. The van der Waals surface area contributed by atoms with Crippen LogP contribution in [0.25, 0.3) is 16.0 Å². The van der Waals surface area contributed by atoms with E-state index in [4.69, 9.17) is 6.57 Å². The second-order valence-corrected chi connectivity index (χ2v) is 7.97. The second-order valence-electron chi connectivity index (χ2n) is 7.97. The Morgan fingerprint density at radius 3 is 2.26 bits per heavy atom. The van der Waals surface area contributed by atoms with Gasteiger partial charge in [0.05, 0.1) is 12.1 Å². The summed E-state index contributed by atoms with van der Waals surface area (Å²) in [4.78, 5) is 17.9. The van der Waals surface area contributed by atoms with Gasteiger partial charge in [-0.05, 0) is 49.9 Å². The molecule has 0 radical (unpaired) electrons. The van der Waals surface area contributed by atoms with Crippen LogP contribution >= 0.6 is 0 Å². The Morgan fingerprint density at radius 1 is 1.03 bits per heavy atom. The van der Waals surface area contributed by atoms with Gasteiger partial charge in [-0.2, -0.15) is 5.26 Å². The van der Waals surface area contributed by atoms with Gasteiger partial charge >= 0.3 is 0 Å². The lowest BCUT2D eigenvalue weighted by atomic mass is 10.0. The zero-order chi connectivity index (χ0) is 22.0. The lowest BCUT2D eigenvalue weighted by Crippen LogP contribution is -2.27. The smallest absolute Gasteiger partial charge is 0.253 e. The Labute approximate surface area is 183 Å². The van der Waals surface area contributed by atoms with Crippen LogP contribution in [0.4, 0.5) is 5.69 Å². The van der Waals surface area contributed by atoms with Gasteiger partial charge in [-0.1, -0.05) is 36.4 Å². The first-order valence-corrected chi connectivity index (χ1v) is 10.5. The molecule has 1 saturated heterocycles. The molecule has 154 valence electrons. The molecule has 4 rings (SSSR count). The van der Waals surface area contributed by atoms with Gasteiger partial charge in [0, 0.05) is 42.1 Å². The van der Waals surface area contributed by atoms with Crippen LogP contribution in [-0.4, -0.2) is 28.5 Å². The third kappa shape index (κ3) is 3.83. The first kappa shape index (κ1) is 20.4. The van der Waals surface area contributed by atoms with Crippen LogP contribution in [0.2, 0.25) is 0 Å². The Hall–Kier alpha value is -3.83. The Balaban J connectivity index is 1.63. The summed E-state index contributed by atoms with van der Waals surface area (Å²) in [6.07, 6.45) is 2.17. The van der Waals surface area contributed by atoms with Gasteiger partial charge in [0.1, 0.15) is 6.07 Å². The number of nitrogens with zero attached hydrogens (tertiary/aromatic N) is 4. The molecule has 1 aromatic heterocycles. The molecular weight excluding hydrogens is 384 g/mol. The predicted octanol–water partition coefficient (Wildman–Crippen LogP) is 5.48. The van der Waals surface area contributed by atoms with Crippen molar-refractivity contribution in [2.45, 2.75) is 33.2 Å². The summed E-state index contributed by atoms with van der Waals surface area (Å²) >= 11 is 0. The molecule has 1 aliphatic rings. The molecule has 1 amide bonds. The zero-order valence-electron chi connectivity index (χ0n) is 17.9. The van der Waals surface area contributed by atoms with E-state index in [1.54, 1.807) is 12.1 Å². The van der Waals surface area contributed by atoms with Gasteiger partial charge in [-0.25, -0.2) is 4.85 Å². The van der Waals surface area contributed by atoms with Gasteiger partial charge < -0.3 is 9.47 Å². The summed E-state index contributed by atoms with van der Waals surface area (Å²) in [5.74, 6) is 0.106. The quantitative estimate of drug-likeness (QED) is 0.537. The molecule has 31 heavy (non-hydrogen) atoms. The zero-order valence-corrected chi connectivity index (χ0v) is 17.9. The third-order valence-electron chi connectivity index (χ3n) is 6.12. The van der Waals surface area contributed by atoms with E-state index in [-0.39, 0.29) is 5.91 Å². The lowest BCUT2D eigenvalue weighted by Gasteiger charge is -2.15. The molecule has 0 atom stereocenters. The standard InChI is InChI=1S/C26H24N4O/c1-18-24(16-27)25(21-10-12-23(28-3)13-11-21)19(2)30(18)17-20-6-8-22(9-7-20)26(31)29-14-4-5-15-29/h6-13H,4-5,14-15,17H2,1-2H3. The highest BCUT2D eigenvalue weighted by Gasteiger charge is 2.21. The van der Waals surface area contributed by atoms with Crippen LogP contribution in [0.1, 0.15) is 45.7 Å². The van der Waals surface area contributed by atoms with Crippen molar-refractivity contribution in [2.24, 2.45) is 0 Å². The number of aromatic nitrogens is 1. The molecule has 3 aromatic rings. The summed E-state index contributed by atoms with van der Waals surface area (Å²) in [5.41, 5.74) is 6.84. The first-order chi connectivity index (χ1) is 15.0. The van der Waals surface area contributed by atoms with Crippen LogP contribution < -0.4 is 0 Å². The lowest BCUT2D eigenvalue weighted by molar-refractivity contribution is 0.0793. The highest BCUT2D eigenvalue weighted by atomic mass is 16.2. The van der Waals surface area contributed by atoms with E-state index in [2.05, 4.69) is 15.5 Å². The van der Waals surface area contributed by atoms with Crippen molar-refractivity contribution in [2.75, 3.05) is 13.1 Å². The maximum atomic E-state index is 12.6. The molecule has 5 heteroatoms. The monoisotopic (exact) mass is 408 g/mol. The highest BCUT2D eigenvalue weighted by molar-refractivity contribution is 5.94. The van der Waals surface area contributed by atoms with Crippen molar-refractivity contribution < 1.29 is 4.79 Å². The number of likely N-dealkylation sites (tertiary alicyclic amines) is 1. The molecule has 0 unspecified atom stereocenters. The fourth-order valence-corrected chi connectivity index (χ4v) is 4.35. The average Bonchev–Trinajstić information content (AvgIpc) is 3.42. The van der Waals surface area contributed by atoms with E-state index in [0.29, 0.717) is 17.8 Å². The van der Waals surface area contributed by atoms with Crippen molar-refractivity contribution in [3.05, 3.63) is 88.0 Å². The highest BCUT2D eigenvalue weighted by Crippen LogP contribution is 2.33. The maximum absolute atomic E-state index is 12.6. The van der Waals surface area contributed by atoms with Crippen LogP contribution in [0.15, 0.2) is 48.5 Å². The molecule has 0 N–H and O–H groups in total. The molecule has 2 aromatic carbocycles. The van der Waals surface area contributed by atoms with Crippen molar-refractivity contribution in [3.63, 3.8) is 0 Å². The molecule has 0 spiro atoms. The van der Waals surface area contributed by atoms with Gasteiger partial charge in [0.15, 0.2) is 5.69 Å².